The Bertz CT molecular complexity index is 757. The van der Waals surface area contributed by atoms with Crippen LogP contribution in [0.1, 0.15) is 29.8 Å². The third-order valence-electron chi connectivity index (χ3n) is 5.38. The number of likely N-dealkylation sites (tertiary alicyclic amines) is 1. The normalized spacial score (nSPS) is 24.7. The highest BCUT2D eigenvalue weighted by atomic mass is 16.5. The van der Waals surface area contributed by atoms with Crippen LogP contribution >= 0.6 is 0 Å². The van der Waals surface area contributed by atoms with Gasteiger partial charge in [-0.1, -0.05) is 18.2 Å². The van der Waals surface area contributed by atoms with E-state index in [4.69, 9.17) is 9.15 Å². The molecule has 0 saturated carbocycles. The molecule has 0 bridgehead atoms. The number of carboxylic acids is 1. The minimum absolute atomic E-state index is 0.100. The van der Waals surface area contributed by atoms with E-state index >= 15 is 0 Å². The number of rotatable bonds is 3. The molecule has 6 nitrogen and oxygen atoms in total. The van der Waals surface area contributed by atoms with Crippen molar-refractivity contribution in [2.45, 2.75) is 25.4 Å². The lowest BCUT2D eigenvalue weighted by atomic mass is 9.84. The number of hydrogen-bond donors (Lipinski definition) is 1. The Morgan fingerprint density at radius 2 is 1.88 bits per heavy atom. The summed E-state index contributed by atoms with van der Waals surface area (Å²) in [6.07, 6.45) is 1.89. The van der Waals surface area contributed by atoms with Crippen molar-refractivity contribution in [1.82, 2.24) is 4.90 Å². The van der Waals surface area contributed by atoms with Crippen LogP contribution in [0.25, 0.3) is 11.0 Å². The van der Waals surface area contributed by atoms with E-state index in [1.165, 1.54) is 0 Å². The molecule has 0 aliphatic carbocycles. The summed E-state index contributed by atoms with van der Waals surface area (Å²) in [5.41, 5.74) is 0.712. The van der Waals surface area contributed by atoms with Crippen molar-refractivity contribution in [1.29, 1.82) is 0 Å². The quantitative estimate of drug-likeness (QED) is 0.927. The molecule has 0 radical (unpaired) electrons. The second-order valence-electron chi connectivity index (χ2n) is 6.85. The molecule has 3 heterocycles. The average Bonchev–Trinajstić information content (AvgIpc) is 3.28. The number of nitrogens with zero attached hydrogens (tertiary/aromatic N) is 1. The van der Waals surface area contributed by atoms with Gasteiger partial charge in [-0.25, -0.2) is 0 Å². The van der Waals surface area contributed by atoms with Crippen molar-refractivity contribution in [2.75, 3.05) is 19.7 Å². The molecular formula is C19H21NO5. The fourth-order valence-corrected chi connectivity index (χ4v) is 4.01. The SMILES string of the molecule is O=C(O)C1CCO[C@H]1C1CCN(C(=O)c2cc3ccccc3o2)CC1. The number of carbonyl (C=O) groups excluding carboxylic acids is 1. The van der Waals surface area contributed by atoms with E-state index in [9.17, 15) is 14.7 Å². The standard InChI is InChI=1S/C19H21NO5/c21-18(16-11-13-3-1-2-4-15(13)25-16)20-8-5-12(6-9-20)17-14(19(22)23)7-10-24-17/h1-4,11-12,14,17H,5-10H2,(H,22,23)/t14?,17-/m0/s1. The van der Waals surface area contributed by atoms with E-state index in [1.807, 2.05) is 24.3 Å². The zero-order valence-electron chi connectivity index (χ0n) is 13.9. The van der Waals surface area contributed by atoms with Crippen molar-refractivity contribution in [2.24, 2.45) is 11.8 Å². The number of ether oxygens (including phenoxy) is 1. The molecule has 132 valence electrons. The first kappa shape index (κ1) is 16.1. The fourth-order valence-electron chi connectivity index (χ4n) is 4.01. The Morgan fingerprint density at radius 3 is 2.60 bits per heavy atom. The Balaban J connectivity index is 1.41. The van der Waals surface area contributed by atoms with Crippen LogP contribution in [0.5, 0.6) is 0 Å². The van der Waals surface area contributed by atoms with Gasteiger partial charge in [0.25, 0.3) is 5.91 Å². The Labute approximate surface area is 145 Å². The molecule has 25 heavy (non-hydrogen) atoms. The summed E-state index contributed by atoms with van der Waals surface area (Å²) in [5, 5.41) is 10.2. The van der Waals surface area contributed by atoms with Crippen LogP contribution in [0.2, 0.25) is 0 Å². The molecule has 1 aromatic carbocycles. The van der Waals surface area contributed by atoms with Gasteiger partial charge >= 0.3 is 5.97 Å². The van der Waals surface area contributed by atoms with Crippen molar-refractivity contribution in [3.05, 3.63) is 36.1 Å². The van der Waals surface area contributed by atoms with Crippen molar-refractivity contribution in [3.63, 3.8) is 0 Å². The lowest BCUT2D eigenvalue weighted by Gasteiger charge is -2.35. The molecule has 1 aromatic heterocycles. The van der Waals surface area contributed by atoms with Gasteiger partial charge in [-0.2, -0.15) is 0 Å². The molecule has 6 heteroatoms. The molecular weight excluding hydrogens is 322 g/mol. The van der Waals surface area contributed by atoms with E-state index in [-0.39, 0.29) is 17.9 Å². The predicted molar refractivity (Wildman–Crippen MR) is 90.3 cm³/mol. The number of aliphatic carboxylic acids is 1. The minimum Gasteiger partial charge on any atom is -0.481 e. The number of piperidine rings is 1. The first-order valence-electron chi connectivity index (χ1n) is 8.76. The highest BCUT2D eigenvalue weighted by Crippen LogP contribution is 2.33. The van der Waals surface area contributed by atoms with Gasteiger partial charge in [-0.3, -0.25) is 9.59 Å². The van der Waals surface area contributed by atoms with E-state index < -0.39 is 11.9 Å². The van der Waals surface area contributed by atoms with Gasteiger partial charge in [0.15, 0.2) is 5.76 Å². The topological polar surface area (TPSA) is 80.0 Å². The smallest absolute Gasteiger partial charge is 0.309 e. The molecule has 2 atom stereocenters. The number of hydrogen-bond acceptors (Lipinski definition) is 4. The van der Waals surface area contributed by atoms with Gasteiger partial charge in [0.2, 0.25) is 0 Å². The Morgan fingerprint density at radius 1 is 1.12 bits per heavy atom. The maximum Gasteiger partial charge on any atom is 0.309 e. The van der Waals surface area contributed by atoms with Crippen LogP contribution < -0.4 is 0 Å². The molecule has 1 amide bonds. The third kappa shape index (κ3) is 3.02. The molecule has 2 saturated heterocycles. The maximum atomic E-state index is 12.7. The van der Waals surface area contributed by atoms with E-state index in [0.717, 1.165) is 18.2 Å². The van der Waals surface area contributed by atoms with Crippen molar-refractivity contribution < 1.29 is 23.8 Å². The number of furan rings is 1. The van der Waals surface area contributed by atoms with E-state index in [1.54, 1.807) is 11.0 Å². The summed E-state index contributed by atoms with van der Waals surface area (Å²) in [6.45, 7) is 1.72. The van der Waals surface area contributed by atoms with Crippen LogP contribution in [0.4, 0.5) is 0 Å². The van der Waals surface area contributed by atoms with Gasteiger partial charge in [0.05, 0.1) is 12.0 Å². The van der Waals surface area contributed by atoms with Gasteiger partial charge in [-0.05, 0) is 37.3 Å². The average molecular weight is 343 g/mol. The van der Waals surface area contributed by atoms with Crippen molar-refractivity contribution >= 4 is 22.8 Å². The summed E-state index contributed by atoms with van der Waals surface area (Å²) in [4.78, 5) is 25.8. The fraction of sp³-hybridized carbons (Fsp3) is 0.474. The summed E-state index contributed by atoms with van der Waals surface area (Å²) in [7, 11) is 0. The Hall–Kier alpha value is -2.34. The van der Waals surface area contributed by atoms with Crippen LogP contribution in [-0.2, 0) is 9.53 Å². The second kappa shape index (κ2) is 6.52. The number of para-hydroxylation sites is 1. The van der Waals surface area contributed by atoms with Gasteiger partial charge in [-0.15, -0.1) is 0 Å². The number of fused-ring (bicyclic) bond motifs is 1. The number of benzene rings is 1. The largest absolute Gasteiger partial charge is 0.481 e. The first-order valence-corrected chi connectivity index (χ1v) is 8.76. The summed E-state index contributed by atoms with van der Waals surface area (Å²) in [5.74, 6) is -0.730. The summed E-state index contributed by atoms with van der Waals surface area (Å²) < 4.78 is 11.3. The van der Waals surface area contributed by atoms with Crippen LogP contribution in [0.3, 0.4) is 0 Å². The Kier molecular flexibility index (Phi) is 4.21. The molecule has 2 aromatic rings. The van der Waals surface area contributed by atoms with Crippen molar-refractivity contribution in [3.8, 4) is 0 Å². The molecule has 2 aliphatic heterocycles. The lowest BCUT2D eigenvalue weighted by molar-refractivity contribution is -0.145. The van der Waals surface area contributed by atoms with Gasteiger partial charge in [0.1, 0.15) is 5.58 Å². The summed E-state index contributed by atoms with van der Waals surface area (Å²) in [6, 6.07) is 9.35. The first-order chi connectivity index (χ1) is 12.1. The molecule has 2 aliphatic rings. The zero-order chi connectivity index (χ0) is 17.4. The number of carboxylic acid groups (broad SMARTS) is 1. The highest BCUT2D eigenvalue weighted by Gasteiger charge is 2.41. The number of carbonyl (C=O) groups is 2. The molecule has 0 spiro atoms. The molecule has 4 rings (SSSR count). The lowest BCUT2D eigenvalue weighted by Crippen LogP contribution is -2.43. The number of amides is 1. The third-order valence-corrected chi connectivity index (χ3v) is 5.38. The van der Waals surface area contributed by atoms with Crippen LogP contribution in [0, 0.1) is 11.8 Å². The highest BCUT2D eigenvalue weighted by molar-refractivity contribution is 5.96. The second-order valence-corrected chi connectivity index (χ2v) is 6.85. The van der Waals surface area contributed by atoms with E-state index in [2.05, 4.69) is 0 Å². The predicted octanol–water partition coefficient (Wildman–Crippen LogP) is 2.77. The molecule has 1 N–H and O–H groups in total. The minimum atomic E-state index is -0.775. The van der Waals surface area contributed by atoms with Gasteiger partial charge < -0.3 is 19.2 Å². The summed E-state index contributed by atoms with van der Waals surface area (Å²) >= 11 is 0. The maximum absolute atomic E-state index is 12.7. The van der Waals surface area contributed by atoms with E-state index in [0.29, 0.717) is 37.5 Å². The van der Waals surface area contributed by atoms with Gasteiger partial charge in [0, 0.05) is 25.1 Å². The molecule has 1 unspecified atom stereocenters. The zero-order valence-corrected chi connectivity index (χ0v) is 13.9. The monoisotopic (exact) mass is 343 g/mol. The molecule has 2 fully saturated rings. The van der Waals surface area contributed by atoms with Crippen LogP contribution in [-0.4, -0.2) is 47.7 Å². The van der Waals surface area contributed by atoms with Crippen LogP contribution in [0.15, 0.2) is 34.7 Å².